The number of carboxylic acids is 1. The van der Waals surface area contributed by atoms with Gasteiger partial charge in [0.1, 0.15) is 0 Å². The van der Waals surface area contributed by atoms with Gasteiger partial charge in [-0.15, -0.1) is 5.10 Å². The van der Waals surface area contributed by atoms with E-state index in [0.29, 0.717) is 0 Å². The van der Waals surface area contributed by atoms with Crippen molar-refractivity contribution in [1.82, 2.24) is 15.0 Å². The summed E-state index contributed by atoms with van der Waals surface area (Å²) in [4.78, 5) is 11.2. The smallest absolute Gasteiger partial charge is 0.358 e. The lowest BCUT2D eigenvalue weighted by atomic mass is 10.1. The van der Waals surface area contributed by atoms with Crippen molar-refractivity contribution in [2.75, 3.05) is 0 Å². The Labute approximate surface area is 117 Å². The Balaban J connectivity index is 1.99. The number of hydrogen-bond acceptors (Lipinski definition) is 3. The number of aryl methyl sites for hydroxylation is 1. The third-order valence-electron chi connectivity index (χ3n) is 3.59. The Hall–Kier alpha value is -2.17. The van der Waals surface area contributed by atoms with Crippen molar-refractivity contribution in [1.29, 1.82) is 0 Å². The van der Waals surface area contributed by atoms with Crippen molar-refractivity contribution in [2.45, 2.75) is 38.5 Å². The van der Waals surface area contributed by atoms with Gasteiger partial charge in [0.15, 0.2) is 5.69 Å². The average molecular weight is 271 g/mol. The van der Waals surface area contributed by atoms with Gasteiger partial charge in [-0.2, -0.15) is 0 Å². The van der Waals surface area contributed by atoms with Crippen molar-refractivity contribution in [2.24, 2.45) is 0 Å². The summed E-state index contributed by atoms with van der Waals surface area (Å²) in [5, 5.41) is 17.1. The summed E-state index contributed by atoms with van der Waals surface area (Å²) in [5.74, 6) is -0.716. The van der Waals surface area contributed by atoms with Crippen molar-refractivity contribution in [3.8, 4) is 5.69 Å². The van der Waals surface area contributed by atoms with Crippen molar-refractivity contribution in [3.63, 3.8) is 0 Å². The lowest BCUT2D eigenvalue weighted by Gasteiger charge is -2.07. The molecule has 0 amide bonds. The van der Waals surface area contributed by atoms with Crippen LogP contribution in [0.15, 0.2) is 24.3 Å². The van der Waals surface area contributed by atoms with Gasteiger partial charge in [-0.25, -0.2) is 9.48 Å². The third-order valence-corrected chi connectivity index (χ3v) is 3.59. The molecule has 5 nitrogen and oxygen atoms in total. The second kappa shape index (κ2) is 5.07. The quantitative estimate of drug-likeness (QED) is 0.908. The molecule has 0 spiro atoms. The fourth-order valence-electron chi connectivity index (χ4n) is 2.45. The molecule has 1 fully saturated rings. The SMILES string of the molecule is CCCc1ccc(-n2nnc(C(=O)O)c2C2CC2)cc1. The summed E-state index contributed by atoms with van der Waals surface area (Å²) in [6.45, 7) is 2.15. The number of benzene rings is 1. The molecule has 20 heavy (non-hydrogen) atoms. The first-order valence-corrected chi connectivity index (χ1v) is 6.99. The standard InChI is InChI=1S/C15H17N3O2/c1-2-3-10-4-8-12(9-5-10)18-14(11-6-7-11)13(15(19)20)16-17-18/h4-5,8-9,11H,2-3,6-7H2,1H3,(H,19,20). The fraction of sp³-hybridized carbons (Fsp3) is 0.400. The minimum Gasteiger partial charge on any atom is -0.476 e. The predicted molar refractivity (Wildman–Crippen MR) is 74.3 cm³/mol. The van der Waals surface area contributed by atoms with E-state index in [9.17, 15) is 9.90 Å². The van der Waals surface area contributed by atoms with Crippen LogP contribution in [0.1, 0.15) is 53.8 Å². The predicted octanol–water partition coefficient (Wildman–Crippen LogP) is 2.80. The molecule has 1 heterocycles. The van der Waals surface area contributed by atoms with Crippen LogP contribution < -0.4 is 0 Å². The van der Waals surface area contributed by atoms with Crippen LogP contribution in [0.2, 0.25) is 0 Å². The first-order chi connectivity index (χ1) is 9.70. The van der Waals surface area contributed by atoms with Gasteiger partial charge < -0.3 is 5.11 Å². The van der Waals surface area contributed by atoms with Crippen LogP contribution in [0.25, 0.3) is 5.69 Å². The van der Waals surface area contributed by atoms with Crippen LogP contribution in [-0.2, 0) is 6.42 Å². The molecule has 1 aliphatic carbocycles. The number of nitrogens with zero attached hydrogens (tertiary/aromatic N) is 3. The van der Waals surface area contributed by atoms with Gasteiger partial charge in [0.25, 0.3) is 0 Å². The van der Waals surface area contributed by atoms with Crippen molar-refractivity contribution < 1.29 is 9.90 Å². The first kappa shape index (κ1) is 12.8. The number of carbonyl (C=O) groups is 1. The lowest BCUT2D eigenvalue weighted by Crippen LogP contribution is -2.05. The number of carboxylic acid groups (broad SMARTS) is 1. The van der Waals surface area contributed by atoms with Gasteiger partial charge in [0.05, 0.1) is 11.4 Å². The third kappa shape index (κ3) is 2.31. The van der Waals surface area contributed by atoms with E-state index in [-0.39, 0.29) is 11.6 Å². The van der Waals surface area contributed by atoms with Gasteiger partial charge in [-0.05, 0) is 37.0 Å². The molecule has 0 radical (unpaired) electrons. The molecule has 104 valence electrons. The van der Waals surface area contributed by atoms with Gasteiger partial charge in [-0.3, -0.25) is 0 Å². The molecular weight excluding hydrogens is 254 g/mol. The second-order valence-corrected chi connectivity index (χ2v) is 5.23. The van der Waals surface area contributed by atoms with Gasteiger partial charge in [-0.1, -0.05) is 30.7 Å². The highest BCUT2D eigenvalue weighted by atomic mass is 16.4. The molecule has 3 rings (SSSR count). The minimum absolute atomic E-state index is 0.0881. The molecule has 1 saturated carbocycles. The monoisotopic (exact) mass is 271 g/mol. The average Bonchev–Trinajstić information content (AvgIpc) is 3.18. The number of aromatic carboxylic acids is 1. The molecule has 0 bridgehead atoms. The van der Waals surface area contributed by atoms with Crippen LogP contribution in [0.3, 0.4) is 0 Å². The summed E-state index contributed by atoms with van der Waals surface area (Å²) in [6, 6.07) is 8.10. The zero-order valence-electron chi connectivity index (χ0n) is 11.4. The molecule has 0 saturated heterocycles. The van der Waals surface area contributed by atoms with Gasteiger partial charge >= 0.3 is 5.97 Å². The lowest BCUT2D eigenvalue weighted by molar-refractivity contribution is 0.0689. The van der Waals surface area contributed by atoms with E-state index in [1.807, 2.05) is 12.1 Å². The van der Waals surface area contributed by atoms with Crippen LogP contribution in [0.4, 0.5) is 0 Å². The molecule has 2 aromatic rings. The molecule has 0 unspecified atom stereocenters. The maximum absolute atomic E-state index is 11.2. The van der Waals surface area contributed by atoms with E-state index in [1.54, 1.807) is 4.68 Å². The highest BCUT2D eigenvalue weighted by Crippen LogP contribution is 2.41. The molecule has 0 atom stereocenters. The first-order valence-electron chi connectivity index (χ1n) is 6.99. The Morgan fingerprint density at radius 2 is 2.05 bits per heavy atom. The molecule has 5 heteroatoms. The zero-order valence-corrected chi connectivity index (χ0v) is 11.4. The molecule has 1 aromatic carbocycles. The van der Waals surface area contributed by atoms with Crippen LogP contribution in [0, 0.1) is 0 Å². The summed E-state index contributed by atoms with van der Waals surface area (Å²) in [6.07, 6.45) is 4.19. The van der Waals surface area contributed by atoms with Crippen LogP contribution in [0.5, 0.6) is 0 Å². The van der Waals surface area contributed by atoms with Gasteiger partial charge in [0, 0.05) is 5.92 Å². The zero-order chi connectivity index (χ0) is 14.1. The van der Waals surface area contributed by atoms with E-state index in [4.69, 9.17) is 0 Å². The Morgan fingerprint density at radius 1 is 1.35 bits per heavy atom. The maximum Gasteiger partial charge on any atom is 0.358 e. The largest absolute Gasteiger partial charge is 0.476 e. The molecular formula is C15H17N3O2. The number of hydrogen-bond donors (Lipinski definition) is 1. The van der Waals surface area contributed by atoms with E-state index < -0.39 is 5.97 Å². The molecule has 0 aliphatic heterocycles. The maximum atomic E-state index is 11.2. The van der Waals surface area contributed by atoms with E-state index in [0.717, 1.165) is 37.1 Å². The summed E-state index contributed by atoms with van der Waals surface area (Å²) < 4.78 is 1.68. The molecule has 1 aromatic heterocycles. The summed E-state index contributed by atoms with van der Waals surface area (Å²) in [7, 11) is 0. The summed E-state index contributed by atoms with van der Waals surface area (Å²) >= 11 is 0. The Kier molecular flexibility index (Phi) is 3.26. The topological polar surface area (TPSA) is 68.0 Å². The number of aromatic nitrogens is 3. The van der Waals surface area contributed by atoms with Gasteiger partial charge in [0.2, 0.25) is 0 Å². The van der Waals surface area contributed by atoms with Crippen LogP contribution in [-0.4, -0.2) is 26.1 Å². The van der Waals surface area contributed by atoms with E-state index in [2.05, 4.69) is 29.4 Å². The van der Waals surface area contributed by atoms with Crippen molar-refractivity contribution in [3.05, 3.63) is 41.2 Å². The van der Waals surface area contributed by atoms with E-state index in [1.165, 1.54) is 5.56 Å². The Morgan fingerprint density at radius 3 is 2.60 bits per heavy atom. The second-order valence-electron chi connectivity index (χ2n) is 5.23. The van der Waals surface area contributed by atoms with Crippen LogP contribution >= 0.6 is 0 Å². The van der Waals surface area contributed by atoms with Crippen molar-refractivity contribution >= 4 is 5.97 Å². The fourth-order valence-corrected chi connectivity index (χ4v) is 2.45. The van der Waals surface area contributed by atoms with E-state index >= 15 is 0 Å². The minimum atomic E-state index is -0.999. The highest BCUT2D eigenvalue weighted by molar-refractivity contribution is 5.87. The number of rotatable bonds is 5. The molecule has 1 N–H and O–H groups in total. The highest BCUT2D eigenvalue weighted by Gasteiger charge is 2.34. The summed E-state index contributed by atoms with van der Waals surface area (Å²) in [5.41, 5.74) is 2.99. The molecule has 1 aliphatic rings. The normalized spacial score (nSPS) is 14.4. The Bertz CT molecular complexity index is 627.